The van der Waals surface area contributed by atoms with Gasteiger partial charge in [0.05, 0.1) is 6.67 Å². The van der Waals surface area contributed by atoms with Gasteiger partial charge in [-0.15, -0.1) is 0 Å². The van der Waals surface area contributed by atoms with Crippen LogP contribution in [-0.4, -0.2) is 13.3 Å². The molecule has 2 aromatic carbocycles. The number of benzene rings is 2. The highest BCUT2D eigenvalue weighted by Gasteiger charge is 2.09. The summed E-state index contributed by atoms with van der Waals surface area (Å²) in [5, 5.41) is 0. The van der Waals surface area contributed by atoms with E-state index in [4.69, 9.17) is 0 Å². The number of rotatable bonds is 6. The van der Waals surface area contributed by atoms with E-state index in [1.807, 2.05) is 0 Å². The third-order valence-corrected chi connectivity index (χ3v) is 3.27. The molecule has 0 aromatic heterocycles. The van der Waals surface area contributed by atoms with Crippen molar-refractivity contribution in [3.05, 3.63) is 65.2 Å². The van der Waals surface area contributed by atoms with Gasteiger partial charge in [-0.05, 0) is 54.8 Å². The Morgan fingerprint density at radius 1 is 0.917 bits per heavy atom. The summed E-state index contributed by atoms with van der Waals surface area (Å²) < 4.78 is 54.4. The SMILES string of the molecule is FCCCC(F)c1cccc(C#Cc2ccc(OC(F)F)cc2)c1. The predicted octanol–water partition coefficient (Wildman–Crippen LogP) is 5.45. The molecule has 0 aliphatic heterocycles. The summed E-state index contributed by atoms with van der Waals surface area (Å²) in [6.07, 6.45) is -0.892. The molecule has 2 aromatic rings. The molecule has 0 aliphatic carbocycles. The average molecular weight is 336 g/mol. The van der Waals surface area contributed by atoms with Crippen LogP contribution in [0.15, 0.2) is 48.5 Å². The van der Waals surface area contributed by atoms with Gasteiger partial charge in [0.1, 0.15) is 11.9 Å². The van der Waals surface area contributed by atoms with Crippen molar-refractivity contribution in [1.82, 2.24) is 0 Å². The fourth-order valence-electron chi connectivity index (χ4n) is 2.10. The summed E-state index contributed by atoms with van der Waals surface area (Å²) in [5.74, 6) is 5.83. The van der Waals surface area contributed by atoms with Crippen molar-refractivity contribution >= 4 is 0 Å². The second kappa shape index (κ2) is 8.97. The number of hydrogen-bond acceptors (Lipinski definition) is 1. The molecule has 0 fully saturated rings. The Morgan fingerprint density at radius 3 is 2.29 bits per heavy atom. The van der Waals surface area contributed by atoms with Gasteiger partial charge >= 0.3 is 6.61 Å². The molecule has 1 atom stereocenters. The van der Waals surface area contributed by atoms with Gasteiger partial charge in [0, 0.05) is 11.1 Å². The Bertz CT molecular complexity index is 701. The van der Waals surface area contributed by atoms with E-state index in [1.165, 1.54) is 12.1 Å². The first-order valence-electron chi connectivity index (χ1n) is 7.45. The van der Waals surface area contributed by atoms with Gasteiger partial charge in [-0.25, -0.2) is 4.39 Å². The molecule has 0 saturated carbocycles. The lowest BCUT2D eigenvalue weighted by atomic mass is 10.0. The molecule has 1 nitrogen and oxygen atoms in total. The van der Waals surface area contributed by atoms with Gasteiger partial charge in [0.15, 0.2) is 0 Å². The van der Waals surface area contributed by atoms with Gasteiger partial charge in [-0.2, -0.15) is 8.78 Å². The molecule has 5 heteroatoms. The van der Waals surface area contributed by atoms with Crippen LogP contribution in [-0.2, 0) is 0 Å². The Labute approximate surface area is 138 Å². The number of ether oxygens (including phenoxy) is 1. The number of hydrogen-bond donors (Lipinski definition) is 0. The highest BCUT2D eigenvalue weighted by atomic mass is 19.3. The maximum Gasteiger partial charge on any atom is 0.387 e. The van der Waals surface area contributed by atoms with Crippen LogP contribution in [0.3, 0.4) is 0 Å². The summed E-state index contributed by atoms with van der Waals surface area (Å²) in [7, 11) is 0. The summed E-state index contributed by atoms with van der Waals surface area (Å²) in [4.78, 5) is 0. The molecule has 24 heavy (non-hydrogen) atoms. The lowest BCUT2D eigenvalue weighted by Crippen LogP contribution is -2.01. The largest absolute Gasteiger partial charge is 0.435 e. The van der Waals surface area contributed by atoms with Crippen LogP contribution in [0.1, 0.15) is 35.7 Å². The van der Waals surface area contributed by atoms with Crippen LogP contribution in [0.2, 0.25) is 0 Å². The second-order valence-electron chi connectivity index (χ2n) is 5.08. The first-order valence-corrected chi connectivity index (χ1v) is 7.45. The fraction of sp³-hybridized carbons (Fsp3) is 0.263. The molecule has 126 valence electrons. The lowest BCUT2D eigenvalue weighted by molar-refractivity contribution is -0.0498. The van der Waals surface area contributed by atoms with Gasteiger partial charge in [0.2, 0.25) is 0 Å². The van der Waals surface area contributed by atoms with Crippen molar-refractivity contribution in [2.24, 2.45) is 0 Å². The Hall–Kier alpha value is -2.48. The topological polar surface area (TPSA) is 9.23 Å². The molecule has 0 spiro atoms. The third kappa shape index (κ3) is 5.62. The quantitative estimate of drug-likeness (QED) is 0.503. The van der Waals surface area contributed by atoms with Crippen molar-refractivity contribution in [1.29, 1.82) is 0 Å². The van der Waals surface area contributed by atoms with Crippen LogP contribution in [0.4, 0.5) is 17.6 Å². The smallest absolute Gasteiger partial charge is 0.387 e. The maximum absolute atomic E-state index is 13.9. The van der Waals surface area contributed by atoms with Gasteiger partial charge in [0.25, 0.3) is 0 Å². The van der Waals surface area contributed by atoms with E-state index in [9.17, 15) is 17.6 Å². The third-order valence-electron chi connectivity index (χ3n) is 3.27. The monoisotopic (exact) mass is 336 g/mol. The van der Waals surface area contributed by atoms with E-state index >= 15 is 0 Å². The van der Waals surface area contributed by atoms with E-state index in [0.717, 1.165) is 0 Å². The minimum Gasteiger partial charge on any atom is -0.435 e. The molecule has 0 radical (unpaired) electrons. The minimum atomic E-state index is -2.87. The minimum absolute atomic E-state index is 0.0608. The number of alkyl halides is 4. The summed E-state index contributed by atoms with van der Waals surface area (Å²) >= 11 is 0. The van der Waals surface area contributed by atoms with E-state index in [2.05, 4.69) is 16.6 Å². The van der Waals surface area contributed by atoms with Crippen molar-refractivity contribution in [2.75, 3.05) is 6.67 Å². The average Bonchev–Trinajstić information content (AvgIpc) is 2.59. The van der Waals surface area contributed by atoms with E-state index < -0.39 is 19.5 Å². The standard InChI is InChI=1S/C19H16F4O/c20-12-2-5-18(21)16-4-1-3-15(13-16)7-6-14-8-10-17(11-9-14)24-19(22)23/h1,3-4,8-11,13,18-19H,2,5,12H2. The van der Waals surface area contributed by atoms with Crippen LogP contribution < -0.4 is 4.74 Å². The number of halogens is 4. The summed E-state index contributed by atoms with van der Waals surface area (Å²) in [6.45, 7) is -3.40. The van der Waals surface area contributed by atoms with E-state index in [0.29, 0.717) is 16.7 Å². The van der Waals surface area contributed by atoms with E-state index in [-0.39, 0.29) is 18.6 Å². The van der Waals surface area contributed by atoms with Gasteiger partial charge in [-0.3, -0.25) is 4.39 Å². The van der Waals surface area contributed by atoms with Crippen molar-refractivity contribution in [3.8, 4) is 17.6 Å². The van der Waals surface area contributed by atoms with Crippen LogP contribution in [0, 0.1) is 11.8 Å². The van der Waals surface area contributed by atoms with Crippen molar-refractivity contribution < 1.29 is 22.3 Å². The molecular weight excluding hydrogens is 320 g/mol. The Kier molecular flexibility index (Phi) is 6.68. The summed E-state index contributed by atoms with van der Waals surface area (Å²) in [6, 6.07) is 12.6. The predicted molar refractivity (Wildman–Crippen MR) is 84.6 cm³/mol. The lowest BCUT2D eigenvalue weighted by Gasteiger charge is -2.07. The molecule has 0 aliphatic rings. The molecule has 2 rings (SSSR count). The highest BCUT2D eigenvalue weighted by molar-refractivity contribution is 5.45. The van der Waals surface area contributed by atoms with Crippen molar-refractivity contribution in [3.63, 3.8) is 0 Å². The second-order valence-corrected chi connectivity index (χ2v) is 5.08. The van der Waals surface area contributed by atoms with Gasteiger partial charge in [-0.1, -0.05) is 24.0 Å². The molecule has 1 unspecified atom stereocenters. The maximum atomic E-state index is 13.9. The highest BCUT2D eigenvalue weighted by Crippen LogP contribution is 2.23. The molecule has 0 amide bonds. The molecular formula is C19H16F4O. The van der Waals surface area contributed by atoms with Gasteiger partial charge < -0.3 is 4.74 Å². The molecule has 0 N–H and O–H groups in total. The van der Waals surface area contributed by atoms with Crippen molar-refractivity contribution in [2.45, 2.75) is 25.6 Å². The van der Waals surface area contributed by atoms with Crippen LogP contribution in [0.5, 0.6) is 5.75 Å². The van der Waals surface area contributed by atoms with Crippen LogP contribution >= 0.6 is 0 Å². The summed E-state index contributed by atoms with van der Waals surface area (Å²) in [5.41, 5.74) is 1.72. The zero-order chi connectivity index (χ0) is 17.4. The molecule has 0 heterocycles. The Balaban J connectivity index is 2.07. The fourth-order valence-corrected chi connectivity index (χ4v) is 2.10. The normalized spacial score (nSPS) is 11.7. The van der Waals surface area contributed by atoms with E-state index in [1.54, 1.807) is 36.4 Å². The first-order chi connectivity index (χ1) is 11.6. The first kappa shape index (κ1) is 17.9. The Morgan fingerprint density at radius 2 is 1.62 bits per heavy atom. The molecule has 0 bridgehead atoms. The zero-order valence-electron chi connectivity index (χ0n) is 12.8. The zero-order valence-corrected chi connectivity index (χ0v) is 12.8. The molecule has 0 saturated heterocycles. The van der Waals surface area contributed by atoms with Crippen LogP contribution in [0.25, 0.3) is 0 Å².